The molecule has 3 rings (SSSR count). The van der Waals surface area contributed by atoms with Crippen molar-refractivity contribution in [3.05, 3.63) is 65.0 Å². The van der Waals surface area contributed by atoms with Gasteiger partial charge >= 0.3 is 0 Å². The van der Waals surface area contributed by atoms with Crippen molar-refractivity contribution in [1.82, 2.24) is 4.98 Å². The minimum Gasteiger partial charge on any atom is -0.326 e. The summed E-state index contributed by atoms with van der Waals surface area (Å²) in [6.07, 6.45) is 0. The number of aromatic nitrogens is 1. The van der Waals surface area contributed by atoms with Crippen LogP contribution >= 0.6 is 11.3 Å². The Morgan fingerprint density at radius 1 is 0.952 bits per heavy atom. The lowest BCUT2D eigenvalue weighted by atomic mass is 10.1. The van der Waals surface area contributed by atoms with Crippen LogP contribution in [0.4, 0.5) is 8.78 Å². The molecule has 0 spiro atoms. The normalized spacial score (nSPS) is 10.8. The molecular weight excluding hydrogens is 290 g/mol. The van der Waals surface area contributed by atoms with Crippen molar-refractivity contribution in [2.45, 2.75) is 6.54 Å². The van der Waals surface area contributed by atoms with Crippen LogP contribution in [0.15, 0.2) is 48.5 Å². The maximum absolute atomic E-state index is 13.4. The van der Waals surface area contributed by atoms with Crippen LogP contribution in [0.25, 0.3) is 21.8 Å². The second-order valence-corrected chi connectivity index (χ2v) is 5.57. The van der Waals surface area contributed by atoms with Crippen molar-refractivity contribution >= 4 is 11.3 Å². The quantitative estimate of drug-likeness (QED) is 0.787. The van der Waals surface area contributed by atoms with Crippen molar-refractivity contribution in [2.75, 3.05) is 0 Å². The Labute approximate surface area is 124 Å². The van der Waals surface area contributed by atoms with E-state index in [1.54, 1.807) is 0 Å². The average Bonchev–Trinajstić information content (AvgIpc) is 2.95. The molecule has 21 heavy (non-hydrogen) atoms. The van der Waals surface area contributed by atoms with E-state index in [1.807, 2.05) is 30.3 Å². The fourth-order valence-corrected chi connectivity index (χ4v) is 3.02. The van der Waals surface area contributed by atoms with Gasteiger partial charge in [0.05, 0.1) is 5.69 Å². The maximum atomic E-state index is 13.4. The first-order valence-electron chi connectivity index (χ1n) is 6.39. The van der Waals surface area contributed by atoms with Crippen LogP contribution in [-0.4, -0.2) is 4.98 Å². The Morgan fingerprint density at radius 2 is 1.71 bits per heavy atom. The third-order valence-corrected chi connectivity index (χ3v) is 4.22. The van der Waals surface area contributed by atoms with E-state index in [9.17, 15) is 8.78 Å². The topological polar surface area (TPSA) is 38.9 Å². The zero-order valence-corrected chi connectivity index (χ0v) is 11.8. The summed E-state index contributed by atoms with van der Waals surface area (Å²) in [5, 5.41) is 0.633. The van der Waals surface area contributed by atoms with Gasteiger partial charge in [-0.25, -0.2) is 13.8 Å². The van der Waals surface area contributed by atoms with Crippen LogP contribution in [0.1, 0.15) is 4.88 Å². The Hall–Kier alpha value is -2.11. The van der Waals surface area contributed by atoms with Gasteiger partial charge in [0.15, 0.2) is 11.6 Å². The Morgan fingerprint density at radius 3 is 2.38 bits per heavy atom. The molecule has 5 heteroatoms. The highest BCUT2D eigenvalue weighted by atomic mass is 32.1. The number of nitrogens with two attached hydrogens (primary N) is 1. The van der Waals surface area contributed by atoms with Crippen LogP contribution < -0.4 is 5.73 Å². The van der Waals surface area contributed by atoms with Gasteiger partial charge in [0, 0.05) is 22.5 Å². The molecule has 0 bridgehead atoms. The van der Waals surface area contributed by atoms with Gasteiger partial charge in [-0.1, -0.05) is 30.3 Å². The minimum absolute atomic E-state index is 0.353. The lowest BCUT2D eigenvalue weighted by molar-refractivity contribution is 0.509. The monoisotopic (exact) mass is 302 g/mol. The van der Waals surface area contributed by atoms with E-state index in [1.165, 1.54) is 17.4 Å². The first-order valence-corrected chi connectivity index (χ1v) is 7.21. The van der Waals surface area contributed by atoms with Crippen LogP contribution in [-0.2, 0) is 6.54 Å². The lowest BCUT2D eigenvalue weighted by Crippen LogP contribution is -1.95. The first-order chi connectivity index (χ1) is 10.2. The maximum Gasteiger partial charge on any atom is 0.159 e. The summed E-state index contributed by atoms with van der Waals surface area (Å²) in [6.45, 7) is 0.353. The summed E-state index contributed by atoms with van der Waals surface area (Å²) in [4.78, 5) is 5.46. The third-order valence-electron chi connectivity index (χ3n) is 3.10. The van der Waals surface area contributed by atoms with E-state index in [2.05, 4.69) is 4.98 Å². The molecule has 0 amide bonds. The zero-order chi connectivity index (χ0) is 14.8. The molecule has 2 aromatic carbocycles. The summed E-state index contributed by atoms with van der Waals surface area (Å²) in [5.74, 6) is -1.74. The molecule has 106 valence electrons. The summed E-state index contributed by atoms with van der Waals surface area (Å²) >= 11 is 1.40. The highest BCUT2D eigenvalue weighted by molar-refractivity contribution is 7.15. The number of hydrogen-bond acceptors (Lipinski definition) is 3. The molecule has 2 N–H and O–H groups in total. The van der Waals surface area contributed by atoms with Gasteiger partial charge in [-0.05, 0) is 18.2 Å². The van der Waals surface area contributed by atoms with E-state index in [4.69, 9.17) is 5.73 Å². The molecule has 0 fully saturated rings. The van der Waals surface area contributed by atoms with E-state index in [0.717, 1.165) is 28.3 Å². The lowest BCUT2D eigenvalue weighted by Gasteiger charge is -1.99. The molecule has 0 saturated heterocycles. The predicted octanol–water partition coefficient (Wildman–Crippen LogP) is 4.21. The molecule has 3 aromatic rings. The van der Waals surface area contributed by atoms with Gasteiger partial charge in [-0.2, -0.15) is 0 Å². The number of nitrogens with zero attached hydrogens (tertiary/aromatic N) is 1. The molecule has 0 aliphatic carbocycles. The molecule has 1 aromatic heterocycles. The summed E-state index contributed by atoms with van der Waals surface area (Å²) in [5.41, 5.74) is 8.08. The van der Waals surface area contributed by atoms with Gasteiger partial charge in [0.2, 0.25) is 0 Å². The van der Waals surface area contributed by atoms with Crippen LogP contribution in [0.3, 0.4) is 0 Å². The molecule has 0 atom stereocenters. The molecular formula is C16H12F2N2S. The minimum atomic E-state index is -0.877. The Bertz CT molecular complexity index is 769. The fraction of sp³-hybridized carbons (Fsp3) is 0.0625. The number of hydrogen-bond donors (Lipinski definition) is 1. The predicted molar refractivity (Wildman–Crippen MR) is 80.8 cm³/mol. The van der Waals surface area contributed by atoms with Crippen molar-refractivity contribution in [1.29, 1.82) is 0 Å². The smallest absolute Gasteiger partial charge is 0.159 e. The second-order valence-electron chi connectivity index (χ2n) is 4.49. The fourth-order valence-electron chi connectivity index (χ4n) is 2.06. The molecule has 0 aliphatic heterocycles. The van der Waals surface area contributed by atoms with Crippen molar-refractivity contribution in [2.24, 2.45) is 5.73 Å². The first kappa shape index (κ1) is 13.9. The van der Waals surface area contributed by atoms with Crippen LogP contribution in [0.5, 0.6) is 0 Å². The van der Waals surface area contributed by atoms with Crippen LogP contribution in [0, 0.1) is 11.6 Å². The van der Waals surface area contributed by atoms with Crippen molar-refractivity contribution in [3.63, 3.8) is 0 Å². The molecule has 1 heterocycles. The molecule has 0 saturated carbocycles. The van der Waals surface area contributed by atoms with Gasteiger partial charge in [0.1, 0.15) is 5.01 Å². The number of thiazole rings is 1. The second kappa shape index (κ2) is 5.71. The largest absolute Gasteiger partial charge is 0.326 e. The molecule has 0 unspecified atom stereocenters. The summed E-state index contributed by atoms with van der Waals surface area (Å²) in [7, 11) is 0. The van der Waals surface area contributed by atoms with Gasteiger partial charge in [-0.15, -0.1) is 11.3 Å². The Balaban J connectivity index is 2.09. The number of benzene rings is 2. The summed E-state index contributed by atoms with van der Waals surface area (Å²) < 4.78 is 26.4. The Kier molecular flexibility index (Phi) is 3.77. The van der Waals surface area contributed by atoms with E-state index < -0.39 is 11.6 Å². The standard InChI is InChI=1S/C16H12F2N2S/c17-12-7-6-11(8-13(12)18)16-20-15(14(9-19)21-16)10-4-2-1-3-5-10/h1-8H,9,19H2. The van der Waals surface area contributed by atoms with Gasteiger partial charge in [-0.3, -0.25) is 0 Å². The zero-order valence-electron chi connectivity index (χ0n) is 11.0. The van der Waals surface area contributed by atoms with E-state index in [0.29, 0.717) is 17.1 Å². The van der Waals surface area contributed by atoms with Crippen LogP contribution in [0.2, 0.25) is 0 Å². The van der Waals surface area contributed by atoms with E-state index in [-0.39, 0.29) is 0 Å². The third kappa shape index (κ3) is 2.70. The van der Waals surface area contributed by atoms with E-state index >= 15 is 0 Å². The van der Waals surface area contributed by atoms with Crippen molar-refractivity contribution < 1.29 is 8.78 Å². The molecule has 0 aliphatic rings. The van der Waals surface area contributed by atoms with Gasteiger partial charge in [0.25, 0.3) is 0 Å². The number of halogens is 2. The summed E-state index contributed by atoms with van der Waals surface area (Å²) in [6, 6.07) is 13.4. The van der Waals surface area contributed by atoms with Crippen molar-refractivity contribution in [3.8, 4) is 21.8 Å². The average molecular weight is 302 g/mol. The number of rotatable bonds is 3. The SMILES string of the molecule is NCc1sc(-c2ccc(F)c(F)c2)nc1-c1ccccc1. The van der Waals surface area contributed by atoms with Gasteiger partial charge < -0.3 is 5.73 Å². The molecule has 2 nitrogen and oxygen atoms in total. The molecule has 0 radical (unpaired) electrons. The highest BCUT2D eigenvalue weighted by Gasteiger charge is 2.14. The highest BCUT2D eigenvalue weighted by Crippen LogP contribution is 2.34.